The normalized spacial score (nSPS) is 19.3. The molecule has 0 saturated carbocycles. The smallest absolute Gasteiger partial charge is 0.0229 e. The predicted octanol–water partition coefficient (Wildman–Crippen LogP) is 5.71. The second kappa shape index (κ2) is 13.2. The van der Waals surface area contributed by atoms with Crippen LogP contribution in [0.1, 0.15) is 97.3 Å². The highest BCUT2D eigenvalue weighted by Crippen LogP contribution is 2.23. The summed E-state index contributed by atoms with van der Waals surface area (Å²) in [5, 5.41) is 0. The van der Waals surface area contributed by atoms with Crippen LogP contribution in [-0.4, -0.2) is 49.1 Å². The summed E-state index contributed by atoms with van der Waals surface area (Å²) in [4.78, 5) is 5.25. The zero-order valence-electron chi connectivity index (χ0n) is 16.7. The third-order valence-electron chi connectivity index (χ3n) is 5.72. The van der Waals surface area contributed by atoms with Gasteiger partial charge in [-0.2, -0.15) is 0 Å². The van der Waals surface area contributed by atoms with Crippen molar-refractivity contribution in [3.63, 3.8) is 0 Å². The third kappa shape index (κ3) is 9.10. The topological polar surface area (TPSA) is 6.48 Å². The second-order valence-electron chi connectivity index (χ2n) is 7.96. The van der Waals surface area contributed by atoms with E-state index in [1.807, 2.05) is 0 Å². The van der Waals surface area contributed by atoms with Gasteiger partial charge in [0.1, 0.15) is 0 Å². The van der Waals surface area contributed by atoms with E-state index >= 15 is 0 Å². The van der Waals surface area contributed by atoms with E-state index in [2.05, 4.69) is 37.7 Å². The van der Waals surface area contributed by atoms with Crippen LogP contribution in [0.25, 0.3) is 0 Å². The van der Waals surface area contributed by atoms with Crippen molar-refractivity contribution in [2.45, 2.75) is 109 Å². The molecule has 0 aromatic rings. The summed E-state index contributed by atoms with van der Waals surface area (Å²) < 4.78 is 0. The van der Waals surface area contributed by atoms with Gasteiger partial charge in [0.15, 0.2) is 0 Å². The van der Waals surface area contributed by atoms with Crippen molar-refractivity contribution in [1.29, 1.82) is 0 Å². The SMILES string of the molecule is CCCCCCCC(CCCCCCC)N1CC[C@H](N(C)C)C1. The molecule has 138 valence electrons. The van der Waals surface area contributed by atoms with Gasteiger partial charge in [0.2, 0.25) is 0 Å². The predicted molar refractivity (Wildman–Crippen MR) is 104 cm³/mol. The lowest BCUT2D eigenvalue weighted by Gasteiger charge is -2.29. The maximum absolute atomic E-state index is 2.82. The molecule has 1 fully saturated rings. The molecule has 0 N–H and O–H groups in total. The molecule has 1 saturated heterocycles. The lowest BCUT2D eigenvalue weighted by atomic mass is 9.99. The van der Waals surface area contributed by atoms with Gasteiger partial charge >= 0.3 is 0 Å². The Balaban J connectivity index is 2.32. The first-order valence-electron chi connectivity index (χ1n) is 10.6. The highest BCUT2D eigenvalue weighted by atomic mass is 15.2. The van der Waals surface area contributed by atoms with Crippen LogP contribution in [0.5, 0.6) is 0 Å². The number of likely N-dealkylation sites (N-methyl/N-ethyl adjacent to an activating group) is 1. The number of unbranched alkanes of at least 4 members (excludes halogenated alkanes) is 8. The lowest BCUT2D eigenvalue weighted by molar-refractivity contribution is 0.190. The Morgan fingerprint density at radius 3 is 1.78 bits per heavy atom. The fourth-order valence-corrected chi connectivity index (χ4v) is 4.00. The van der Waals surface area contributed by atoms with Crippen molar-refractivity contribution in [1.82, 2.24) is 9.80 Å². The Hall–Kier alpha value is -0.0800. The largest absolute Gasteiger partial charge is 0.305 e. The summed E-state index contributed by atoms with van der Waals surface area (Å²) in [6, 6.07) is 1.65. The first-order chi connectivity index (χ1) is 11.2. The number of likely N-dealkylation sites (tertiary alicyclic amines) is 1. The van der Waals surface area contributed by atoms with Crippen LogP contribution in [0.2, 0.25) is 0 Å². The first kappa shape index (κ1) is 21.0. The van der Waals surface area contributed by atoms with Gasteiger partial charge in [-0.25, -0.2) is 0 Å². The molecule has 2 heteroatoms. The minimum Gasteiger partial charge on any atom is -0.305 e. The third-order valence-corrected chi connectivity index (χ3v) is 5.72. The van der Waals surface area contributed by atoms with Crippen LogP contribution >= 0.6 is 0 Å². The van der Waals surface area contributed by atoms with Gasteiger partial charge in [0, 0.05) is 25.2 Å². The number of rotatable bonds is 14. The van der Waals surface area contributed by atoms with Crippen molar-refractivity contribution in [3.05, 3.63) is 0 Å². The van der Waals surface area contributed by atoms with E-state index in [0.717, 1.165) is 12.1 Å². The van der Waals surface area contributed by atoms with Gasteiger partial charge in [0.05, 0.1) is 0 Å². The molecule has 1 atom stereocenters. The first-order valence-corrected chi connectivity index (χ1v) is 10.6. The van der Waals surface area contributed by atoms with Crippen molar-refractivity contribution < 1.29 is 0 Å². The van der Waals surface area contributed by atoms with E-state index in [1.54, 1.807) is 0 Å². The van der Waals surface area contributed by atoms with Crippen LogP contribution < -0.4 is 0 Å². The molecule has 0 bridgehead atoms. The Kier molecular flexibility index (Phi) is 12.1. The number of hydrogen-bond acceptors (Lipinski definition) is 2. The van der Waals surface area contributed by atoms with Crippen LogP contribution in [0.3, 0.4) is 0 Å². The monoisotopic (exact) mass is 324 g/mol. The minimum atomic E-state index is 0.790. The standard InChI is InChI=1S/C21H44N2/c1-5-7-9-11-13-15-20(16-14-12-10-8-6-2)23-18-17-21(19-23)22(3)4/h20-21H,5-19H2,1-4H3/t21-/m0/s1. The van der Waals surface area contributed by atoms with Crippen molar-refractivity contribution in [2.75, 3.05) is 27.2 Å². The molecule has 0 aromatic carbocycles. The van der Waals surface area contributed by atoms with E-state index in [0.29, 0.717) is 0 Å². The average Bonchev–Trinajstić information content (AvgIpc) is 3.02. The van der Waals surface area contributed by atoms with E-state index in [-0.39, 0.29) is 0 Å². The van der Waals surface area contributed by atoms with E-state index in [1.165, 1.54) is 96.6 Å². The molecule has 0 aromatic heterocycles. The van der Waals surface area contributed by atoms with E-state index in [4.69, 9.17) is 0 Å². The molecule has 0 amide bonds. The Labute approximate surface area is 147 Å². The maximum Gasteiger partial charge on any atom is 0.0229 e. The van der Waals surface area contributed by atoms with Crippen LogP contribution in [-0.2, 0) is 0 Å². The molecule has 23 heavy (non-hydrogen) atoms. The van der Waals surface area contributed by atoms with Crippen molar-refractivity contribution in [3.8, 4) is 0 Å². The fourth-order valence-electron chi connectivity index (χ4n) is 4.00. The molecule has 0 radical (unpaired) electrons. The Morgan fingerprint density at radius 2 is 1.35 bits per heavy atom. The number of hydrogen-bond donors (Lipinski definition) is 0. The van der Waals surface area contributed by atoms with E-state index in [9.17, 15) is 0 Å². The quantitative estimate of drug-likeness (QED) is 0.377. The average molecular weight is 325 g/mol. The second-order valence-corrected chi connectivity index (χ2v) is 7.96. The summed E-state index contributed by atoms with van der Waals surface area (Å²) >= 11 is 0. The molecule has 2 nitrogen and oxygen atoms in total. The number of nitrogens with zero attached hydrogens (tertiary/aromatic N) is 2. The molecule has 1 heterocycles. The van der Waals surface area contributed by atoms with E-state index < -0.39 is 0 Å². The summed E-state index contributed by atoms with van der Waals surface area (Å²) in [5.74, 6) is 0. The van der Waals surface area contributed by atoms with Gasteiger partial charge < -0.3 is 4.90 Å². The fraction of sp³-hybridized carbons (Fsp3) is 1.00. The molecular formula is C21H44N2. The van der Waals surface area contributed by atoms with Crippen LogP contribution in [0.4, 0.5) is 0 Å². The molecule has 0 unspecified atom stereocenters. The molecule has 0 spiro atoms. The van der Waals surface area contributed by atoms with Gasteiger partial charge in [-0.1, -0.05) is 78.1 Å². The lowest BCUT2D eigenvalue weighted by Crippen LogP contribution is -2.37. The minimum absolute atomic E-state index is 0.790. The van der Waals surface area contributed by atoms with Crippen molar-refractivity contribution >= 4 is 0 Å². The van der Waals surface area contributed by atoms with Gasteiger partial charge in [0.25, 0.3) is 0 Å². The zero-order chi connectivity index (χ0) is 16.9. The van der Waals surface area contributed by atoms with Gasteiger partial charge in [-0.15, -0.1) is 0 Å². The highest BCUT2D eigenvalue weighted by Gasteiger charge is 2.28. The molecule has 1 aliphatic heterocycles. The molecule has 1 aliphatic rings. The summed E-state index contributed by atoms with van der Waals surface area (Å²) in [6.45, 7) is 7.26. The van der Waals surface area contributed by atoms with Gasteiger partial charge in [-0.05, 0) is 33.4 Å². The van der Waals surface area contributed by atoms with Gasteiger partial charge in [-0.3, -0.25) is 4.90 Å². The Bertz CT molecular complexity index is 251. The van der Waals surface area contributed by atoms with Crippen molar-refractivity contribution in [2.24, 2.45) is 0 Å². The maximum atomic E-state index is 2.82. The highest BCUT2D eigenvalue weighted by molar-refractivity contribution is 4.85. The van der Waals surface area contributed by atoms with Crippen LogP contribution in [0.15, 0.2) is 0 Å². The summed E-state index contributed by atoms with van der Waals surface area (Å²) in [5.41, 5.74) is 0. The molecule has 1 rings (SSSR count). The summed E-state index contributed by atoms with van der Waals surface area (Å²) in [6.07, 6.45) is 18.5. The Morgan fingerprint density at radius 1 is 0.826 bits per heavy atom. The zero-order valence-corrected chi connectivity index (χ0v) is 16.7. The molecular weight excluding hydrogens is 280 g/mol. The molecule has 0 aliphatic carbocycles. The van der Waals surface area contributed by atoms with Crippen LogP contribution in [0, 0.1) is 0 Å². The summed E-state index contributed by atoms with van der Waals surface area (Å²) in [7, 11) is 4.50.